The highest BCUT2D eigenvalue weighted by atomic mass is 35.5. The molecule has 0 heterocycles. The Morgan fingerprint density at radius 3 is 2.62 bits per heavy atom. The summed E-state index contributed by atoms with van der Waals surface area (Å²) in [7, 11) is 1.92. The van der Waals surface area contributed by atoms with E-state index in [2.05, 4.69) is 31.2 Å². The minimum absolute atomic E-state index is 0. The number of hydrogen-bond donors (Lipinski definition) is 1. The summed E-state index contributed by atoms with van der Waals surface area (Å²) >= 11 is 0. The van der Waals surface area contributed by atoms with Crippen LogP contribution in [-0.2, 0) is 4.79 Å². The standard InChI is InChI=1S/C17H26N2O.ClH/c1-13(14-7-4-3-5-8-14)12-19(2)17(20)16-10-6-9-15(16)11-18;/h3-5,7-8,13,15-16H,6,9-12,18H2,1-2H3;1H/t13?,15-,16-;/m1./s1. The number of carbonyl (C=O) groups is 1. The smallest absolute Gasteiger partial charge is 0.225 e. The van der Waals surface area contributed by atoms with Gasteiger partial charge in [-0.15, -0.1) is 12.4 Å². The Balaban J connectivity index is 0.00000220. The van der Waals surface area contributed by atoms with Crippen molar-refractivity contribution in [2.45, 2.75) is 32.1 Å². The largest absolute Gasteiger partial charge is 0.345 e. The van der Waals surface area contributed by atoms with E-state index < -0.39 is 0 Å². The van der Waals surface area contributed by atoms with Gasteiger partial charge in [-0.05, 0) is 36.8 Å². The van der Waals surface area contributed by atoms with Crippen LogP contribution in [0.15, 0.2) is 30.3 Å². The summed E-state index contributed by atoms with van der Waals surface area (Å²) in [5.74, 6) is 1.17. The van der Waals surface area contributed by atoms with Gasteiger partial charge in [0, 0.05) is 19.5 Å². The van der Waals surface area contributed by atoms with Gasteiger partial charge in [0.15, 0.2) is 0 Å². The number of nitrogens with zero attached hydrogens (tertiary/aromatic N) is 1. The van der Waals surface area contributed by atoms with Crippen LogP contribution in [0.1, 0.15) is 37.7 Å². The van der Waals surface area contributed by atoms with Crippen molar-refractivity contribution in [1.82, 2.24) is 4.90 Å². The van der Waals surface area contributed by atoms with Crippen LogP contribution in [-0.4, -0.2) is 30.9 Å². The first-order valence-electron chi connectivity index (χ1n) is 7.63. The van der Waals surface area contributed by atoms with Crippen LogP contribution < -0.4 is 5.73 Å². The molecule has 3 atom stereocenters. The summed E-state index contributed by atoms with van der Waals surface area (Å²) in [4.78, 5) is 14.5. The van der Waals surface area contributed by atoms with Gasteiger partial charge in [0.2, 0.25) is 5.91 Å². The Bertz CT molecular complexity index is 438. The lowest BCUT2D eigenvalue weighted by molar-refractivity contribution is -0.135. The van der Waals surface area contributed by atoms with Gasteiger partial charge in [-0.3, -0.25) is 4.79 Å². The third-order valence-electron chi connectivity index (χ3n) is 4.57. The van der Waals surface area contributed by atoms with Gasteiger partial charge in [0.25, 0.3) is 0 Å². The Morgan fingerprint density at radius 1 is 1.33 bits per heavy atom. The molecule has 0 spiro atoms. The van der Waals surface area contributed by atoms with Crippen molar-refractivity contribution in [2.24, 2.45) is 17.6 Å². The maximum Gasteiger partial charge on any atom is 0.225 e. The predicted octanol–water partition coefficient (Wildman–Crippen LogP) is 3.05. The maximum atomic E-state index is 12.6. The molecule has 1 amide bonds. The zero-order valence-corrected chi connectivity index (χ0v) is 13.8. The van der Waals surface area contributed by atoms with E-state index in [9.17, 15) is 4.79 Å². The minimum Gasteiger partial charge on any atom is -0.345 e. The predicted molar refractivity (Wildman–Crippen MR) is 89.6 cm³/mol. The number of amides is 1. The lowest BCUT2D eigenvalue weighted by atomic mass is 9.94. The molecule has 3 nitrogen and oxygen atoms in total. The molecule has 0 aliphatic heterocycles. The first-order valence-corrected chi connectivity index (χ1v) is 7.63. The SMILES string of the molecule is CC(CN(C)C(=O)[C@@H]1CCC[C@@H]1CN)c1ccccc1.Cl. The molecule has 1 aromatic carbocycles. The van der Waals surface area contributed by atoms with Crippen molar-refractivity contribution in [3.63, 3.8) is 0 Å². The summed E-state index contributed by atoms with van der Waals surface area (Å²) in [6, 6.07) is 10.4. The third-order valence-corrected chi connectivity index (χ3v) is 4.57. The summed E-state index contributed by atoms with van der Waals surface area (Å²) in [6.07, 6.45) is 3.25. The Kier molecular flexibility index (Phi) is 7.20. The quantitative estimate of drug-likeness (QED) is 0.908. The highest BCUT2D eigenvalue weighted by Gasteiger charge is 2.33. The first-order chi connectivity index (χ1) is 9.63. The van der Waals surface area contributed by atoms with E-state index in [1.807, 2.05) is 18.0 Å². The lowest BCUT2D eigenvalue weighted by Gasteiger charge is -2.27. The van der Waals surface area contributed by atoms with Crippen molar-refractivity contribution < 1.29 is 4.79 Å². The van der Waals surface area contributed by atoms with Crippen molar-refractivity contribution in [1.29, 1.82) is 0 Å². The zero-order valence-electron chi connectivity index (χ0n) is 13.0. The normalized spacial score (nSPS) is 22.4. The Labute approximate surface area is 134 Å². The molecule has 0 saturated heterocycles. The Hall–Kier alpha value is -1.06. The van der Waals surface area contributed by atoms with Gasteiger partial charge in [0.1, 0.15) is 0 Å². The monoisotopic (exact) mass is 310 g/mol. The average molecular weight is 311 g/mol. The van der Waals surface area contributed by atoms with E-state index in [1.165, 1.54) is 5.56 Å². The van der Waals surface area contributed by atoms with Crippen LogP contribution >= 0.6 is 12.4 Å². The molecule has 2 N–H and O–H groups in total. The van der Waals surface area contributed by atoms with Crippen LogP contribution in [0.4, 0.5) is 0 Å². The van der Waals surface area contributed by atoms with E-state index in [1.54, 1.807) is 0 Å². The molecule has 0 radical (unpaired) electrons. The van der Waals surface area contributed by atoms with Gasteiger partial charge in [0.05, 0.1) is 0 Å². The molecule has 118 valence electrons. The van der Waals surface area contributed by atoms with E-state index in [0.717, 1.165) is 25.8 Å². The second-order valence-electron chi connectivity index (χ2n) is 6.06. The van der Waals surface area contributed by atoms with Gasteiger partial charge < -0.3 is 10.6 Å². The maximum absolute atomic E-state index is 12.6. The number of nitrogens with two attached hydrogens (primary N) is 1. The molecule has 21 heavy (non-hydrogen) atoms. The molecule has 4 heteroatoms. The fourth-order valence-electron chi connectivity index (χ4n) is 3.31. The molecule has 1 aliphatic carbocycles. The van der Waals surface area contributed by atoms with E-state index in [4.69, 9.17) is 5.73 Å². The molecule has 1 aliphatic rings. The van der Waals surface area contributed by atoms with Gasteiger partial charge in [-0.2, -0.15) is 0 Å². The molecule has 2 rings (SSSR count). The van der Waals surface area contributed by atoms with E-state index >= 15 is 0 Å². The van der Waals surface area contributed by atoms with Crippen LogP contribution in [0.3, 0.4) is 0 Å². The molecule has 0 bridgehead atoms. The highest BCUT2D eigenvalue weighted by Crippen LogP contribution is 2.32. The molecular weight excluding hydrogens is 284 g/mol. The molecule has 1 aromatic rings. The van der Waals surface area contributed by atoms with Crippen LogP contribution in [0.5, 0.6) is 0 Å². The third kappa shape index (κ3) is 4.45. The molecule has 1 saturated carbocycles. The van der Waals surface area contributed by atoms with Crippen molar-refractivity contribution in [3.05, 3.63) is 35.9 Å². The lowest BCUT2D eigenvalue weighted by Crippen LogP contribution is -2.38. The fraction of sp³-hybridized carbons (Fsp3) is 0.588. The topological polar surface area (TPSA) is 46.3 Å². The number of halogens is 1. The fourth-order valence-corrected chi connectivity index (χ4v) is 3.31. The molecule has 1 fully saturated rings. The molecule has 0 aromatic heterocycles. The molecular formula is C17H27ClN2O. The number of benzene rings is 1. The summed E-state index contributed by atoms with van der Waals surface area (Å²) in [5, 5.41) is 0. The Morgan fingerprint density at radius 2 is 2.00 bits per heavy atom. The van der Waals surface area contributed by atoms with Gasteiger partial charge in [-0.1, -0.05) is 43.7 Å². The van der Waals surface area contributed by atoms with Gasteiger partial charge in [-0.25, -0.2) is 0 Å². The summed E-state index contributed by atoms with van der Waals surface area (Å²) < 4.78 is 0. The number of likely N-dealkylation sites (N-methyl/N-ethyl adjacent to an activating group) is 1. The zero-order chi connectivity index (χ0) is 14.5. The van der Waals surface area contributed by atoms with Crippen molar-refractivity contribution in [3.8, 4) is 0 Å². The number of carbonyl (C=O) groups excluding carboxylic acids is 1. The second kappa shape index (κ2) is 8.40. The number of hydrogen-bond acceptors (Lipinski definition) is 2. The van der Waals surface area contributed by atoms with Crippen LogP contribution in [0, 0.1) is 11.8 Å². The van der Waals surface area contributed by atoms with Crippen LogP contribution in [0.2, 0.25) is 0 Å². The minimum atomic E-state index is 0. The molecule has 1 unspecified atom stereocenters. The number of rotatable bonds is 5. The van der Waals surface area contributed by atoms with E-state index in [0.29, 0.717) is 18.4 Å². The average Bonchev–Trinajstić information content (AvgIpc) is 2.95. The highest BCUT2D eigenvalue weighted by molar-refractivity contribution is 5.85. The second-order valence-corrected chi connectivity index (χ2v) is 6.06. The van der Waals surface area contributed by atoms with Crippen molar-refractivity contribution >= 4 is 18.3 Å². The first kappa shape index (κ1) is 18.0. The van der Waals surface area contributed by atoms with Crippen molar-refractivity contribution in [2.75, 3.05) is 20.1 Å². The van der Waals surface area contributed by atoms with Gasteiger partial charge >= 0.3 is 0 Å². The summed E-state index contributed by atoms with van der Waals surface area (Å²) in [6.45, 7) is 3.59. The van der Waals surface area contributed by atoms with E-state index in [-0.39, 0.29) is 24.2 Å². The van der Waals surface area contributed by atoms with Crippen LogP contribution in [0.25, 0.3) is 0 Å². The summed E-state index contributed by atoms with van der Waals surface area (Å²) in [5.41, 5.74) is 7.07.